The molecule has 0 heterocycles. The highest BCUT2D eigenvalue weighted by atomic mass is 19.1. The lowest BCUT2D eigenvalue weighted by molar-refractivity contribution is 0.0985. The van der Waals surface area contributed by atoms with Gasteiger partial charge in [0.25, 0.3) is 0 Å². The number of nitrogen functional groups attached to an aromatic ring is 1. The van der Waals surface area contributed by atoms with E-state index in [1.54, 1.807) is 0 Å². The Kier molecular flexibility index (Phi) is 3.24. The Hall–Kier alpha value is -1.82. The summed E-state index contributed by atoms with van der Waals surface area (Å²) in [7, 11) is 0. The van der Waals surface area contributed by atoms with Crippen molar-refractivity contribution in [2.75, 3.05) is 5.73 Å². The van der Waals surface area contributed by atoms with E-state index < -0.39 is 5.82 Å². The van der Waals surface area contributed by atoms with E-state index in [1.165, 1.54) is 12.1 Å². The molecule has 0 aliphatic heterocycles. The minimum atomic E-state index is -0.469. The minimum Gasteiger partial charge on any atom is -0.398 e. The first-order valence-corrected chi connectivity index (χ1v) is 4.17. The Labute approximate surface area is 81.9 Å². The van der Waals surface area contributed by atoms with Gasteiger partial charge in [0.2, 0.25) is 0 Å². The lowest BCUT2D eigenvalue weighted by Gasteiger charge is -2.02. The third-order valence-corrected chi connectivity index (χ3v) is 1.81. The molecule has 72 valence electrons. The van der Waals surface area contributed by atoms with Gasteiger partial charge in [0.1, 0.15) is 5.82 Å². The summed E-state index contributed by atoms with van der Waals surface area (Å²) in [6, 6.07) is 3.72. The predicted octanol–water partition coefficient (Wildman–Crippen LogP) is 2.00. The van der Waals surface area contributed by atoms with Crippen molar-refractivity contribution in [2.24, 2.45) is 0 Å². The van der Waals surface area contributed by atoms with Gasteiger partial charge < -0.3 is 5.73 Å². The van der Waals surface area contributed by atoms with Crippen LogP contribution in [-0.2, 0) is 0 Å². The summed E-state index contributed by atoms with van der Waals surface area (Å²) in [4.78, 5) is 11.4. The third kappa shape index (κ3) is 2.33. The van der Waals surface area contributed by atoms with Crippen LogP contribution in [0.15, 0.2) is 18.2 Å². The first kappa shape index (κ1) is 10.3. The highest BCUT2D eigenvalue weighted by molar-refractivity contribution is 6.00. The van der Waals surface area contributed by atoms with Crippen LogP contribution in [0.2, 0.25) is 0 Å². The van der Waals surface area contributed by atoms with Crippen LogP contribution in [0.5, 0.6) is 0 Å². The van der Waals surface area contributed by atoms with Crippen molar-refractivity contribution in [3.8, 4) is 12.3 Å². The fourth-order valence-corrected chi connectivity index (χ4v) is 1.09. The number of terminal acetylenes is 1. The van der Waals surface area contributed by atoms with E-state index in [0.29, 0.717) is 6.42 Å². The number of Topliss-reactive ketones (excluding diaryl/α,β-unsaturated/α-hetero) is 1. The number of ketones is 1. The number of hydrogen-bond donors (Lipinski definition) is 1. The average Bonchev–Trinajstić information content (AvgIpc) is 2.18. The quantitative estimate of drug-likeness (QED) is 0.451. The highest BCUT2D eigenvalue weighted by Crippen LogP contribution is 2.15. The fourth-order valence-electron chi connectivity index (χ4n) is 1.09. The van der Waals surface area contributed by atoms with Crippen molar-refractivity contribution < 1.29 is 9.18 Å². The van der Waals surface area contributed by atoms with Gasteiger partial charge in [-0.15, -0.1) is 12.3 Å². The molecule has 0 unspecified atom stereocenters. The maximum atomic E-state index is 12.8. The summed E-state index contributed by atoms with van der Waals surface area (Å²) in [6.07, 6.45) is 5.56. The molecule has 2 nitrogen and oxygen atoms in total. The predicted molar refractivity (Wildman–Crippen MR) is 53.2 cm³/mol. The molecule has 1 rings (SSSR count). The molecule has 0 radical (unpaired) electrons. The van der Waals surface area contributed by atoms with Crippen molar-refractivity contribution in [2.45, 2.75) is 12.8 Å². The van der Waals surface area contributed by atoms with Gasteiger partial charge in [0.05, 0.1) is 0 Å². The number of rotatable bonds is 3. The zero-order valence-corrected chi connectivity index (χ0v) is 7.59. The third-order valence-electron chi connectivity index (χ3n) is 1.81. The van der Waals surface area contributed by atoms with E-state index in [0.717, 1.165) is 6.07 Å². The number of carbonyl (C=O) groups excluding carboxylic acids is 1. The molecule has 0 spiro atoms. The molecule has 0 atom stereocenters. The van der Waals surface area contributed by atoms with E-state index in [9.17, 15) is 9.18 Å². The second kappa shape index (κ2) is 4.43. The molecule has 0 saturated heterocycles. The molecule has 1 aromatic rings. The molecule has 1 aromatic carbocycles. The number of halogens is 1. The Morgan fingerprint density at radius 1 is 1.57 bits per heavy atom. The molecule has 0 amide bonds. The minimum absolute atomic E-state index is 0.199. The van der Waals surface area contributed by atoms with E-state index >= 15 is 0 Å². The first-order valence-electron chi connectivity index (χ1n) is 4.17. The Morgan fingerprint density at radius 2 is 2.29 bits per heavy atom. The molecule has 0 aromatic heterocycles. The van der Waals surface area contributed by atoms with E-state index in [2.05, 4.69) is 5.92 Å². The lowest BCUT2D eigenvalue weighted by Crippen LogP contribution is -2.03. The summed E-state index contributed by atoms with van der Waals surface area (Å²) in [6.45, 7) is 0. The first-order chi connectivity index (χ1) is 6.65. The number of nitrogens with two attached hydrogens (primary N) is 1. The number of benzene rings is 1. The molecular formula is C11H10FNO. The number of carbonyl (C=O) groups is 1. The molecular weight excluding hydrogens is 181 g/mol. The van der Waals surface area contributed by atoms with Crippen molar-refractivity contribution >= 4 is 11.5 Å². The molecule has 0 saturated carbocycles. The topological polar surface area (TPSA) is 43.1 Å². The molecule has 14 heavy (non-hydrogen) atoms. The van der Waals surface area contributed by atoms with E-state index in [-0.39, 0.29) is 23.5 Å². The van der Waals surface area contributed by atoms with Crippen molar-refractivity contribution in [3.63, 3.8) is 0 Å². The van der Waals surface area contributed by atoms with Crippen LogP contribution in [0.25, 0.3) is 0 Å². The highest BCUT2D eigenvalue weighted by Gasteiger charge is 2.09. The van der Waals surface area contributed by atoms with Gasteiger partial charge in [-0.2, -0.15) is 0 Å². The zero-order valence-electron chi connectivity index (χ0n) is 7.59. The average molecular weight is 191 g/mol. The molecule has 0 fully saturated rings. The lowest BCUT2D eigenvalue weighted by atomic mass is 10.0. The molecule has 0 bridgehead atoms. The largest absolute Gasteiger partial charge is 0.398 e. The van der Waals surface area contributed by atoms with Gasteiger partial charge in [-0.3, -0.25) is 4.79 Å². The Morgan fingerprint density at radius 3 is 2.93 bits per heavy atom. The standard InChI is InChI=1S/C11H10FNO/c1-2-3-4-11(14)9-7-8(12)5-6-10(9)13/h1,5-7H,3-4,13H2. The van der Waals surface area contributed by atoms with Crippen LogP contribution in [-0.4, -0.2) is 5.78 Å². The maximum Gasteiger partial charge on any atom is 0.165 e. The van der Waals surface area contributed by atoms with Crippen LogP contribution < -0.4 is 5.73 Å². The van der Waals surface area contributed by atoms with Crippen molar-refractivity contribution in [1.29, 1.82) is 0 Å². The smallest absolute Gasteiger partial charge is 0.165 e. The second-order valence-corrected chi connectivity index (χ2v) is 2.86. The fraction of sp³-hybridized carbons (Fsp3) is 0.182. The van der Waals surface area contributed by atoms with E-state index in [1.807, 2.05) is 0 Å². The monoisotopic (exact) mass is 191 g/mol. The normalized spacial score (nSPS) is 9.43. The van der Waals surface area contributed by atoms with Gasteiger partial charge in [0, 0.05) is 24.1 Å². The number of hydrogen-bond acceptors (Lipinski definition) is 2. The van der Waals surface area contributed by atoms with Crippen molar-refractivity contribution in [3.05, 3.63) is 29.6 Å². The van der Waals surface area contributed by atoms with Crippen LogP contribution in [0.3, 0.4) is 0 Å². The van der Waals surface area contributed by atoms with Crippen LogP contribution >= 0.6 is 0 Å². The SMILES string of the molecule is C#CCCC(=O)c1cc(F)ccc1N. The Bertz CT molecular complexity index is 393. The second-order valence-electron chi connectivity index (χ2n) is 2.86. The van der Waals surface area contributed by atoms with Gasteiger partial charge in [-0.05, 0) is 18.2 Å². The zero-order chi connectivity index (χ0) is 10.6. The van der Waals surface area contributed by atoms with Crippen LogP contribution in [0.1, 0.15) is 23.2 Å². The Balaban J connectivity index is 2.90. The van der Waals surface area contributed by atoms with Crippen LogP contribution in [0.4, 0.5) is 10.1 Å². The summed E-state index contributed by atoms with van der Waals surface area (Å²) in [5, 5.41) is 0. The van der Waals surface area contributed by atoms with Gasteiger partial charge in [-0.1, -0.05) is 0 Å². The summed E-state index contributed by atoms with van der Waals surface area (Å²) in [5.74, 6) is 1.66. The van der Waals surface area contributed by atoms with Gasteiger partial charge in [-0.25, -0.2) is 4.39 Å². The van der Waals surface area contributed by atoms with E-state index in [4.69, 9.17) is 12.2 Å². The molecule has 0 aliphatic carbocycles. The van der Waals surface area contributed by atoms with Gasteiger partial charge in [0.15, 0.2) is 5.78 Å². The summed E-state index contributed by atoms with van der Waals surface area (Å²) < 4.78 is 12.8. The molecule has 2 N–H and O–H groups in total. The van der Waals surface area contributed by atoms with Gasteiger partial charge >= 0.3 is 0 Å². The molecule has 0 aliphatic rings. The maximum absolute atomic E-state index is 12.8. The van der Waals surface area contributed by atoms with Crippen molar-refractivity contribution in [1.82, 2.24) is 0 Å². The summed E-state index contributed by atoms with van der Waals surface area (Å²) in [5.41, 5.74) is 6.02. The summed E-state index contributed by atoms with van der Waals surface area (Å²) >= 11 is 0. The van der Waals surface area contributed by atoms with Crippen LogP contribution in [0, 0.1) is 18.2 Å². The number of anilines is 1. The molecule has 3 heteroatoms.